The Hall–Kier alpha value is -3.02. The number of carbonyl (C=O) groups excluding carboxylic acids is 2. The van der Waals surface area contributed by atoms with Crippen LogP contribution in [0, 0.1) is 0 Å². The van der Waals surface area contributed by atoms with Crippen molar-refractivity contribution in [3.8, 4) is 11.5 Å². The summed E-state index contributed by atoms with van der Waals surface area (Å²) in [7, 11) is 3.07. The Kier molecular flexibility index (Phi) is 7.49. The van der Waals surface area contributed by atoms with Crippen LogP contribution >= 0.6 is 0 Å². The van der Waals surface area contributed by atoms with Crippen molar-refractivity contribution in [2.24, 2.45) is 0 Å². The molecule has 0 spiro atoms. The summed E-state index contributed by atoms with van der Waals surface area (Å²) in [6, 6.07) is 15.0. The van der Waals surface area contributed by atoms with E-state index in [0.29, 0.717) is 23.6 Å². The summed E-state index contributed by atoms with van der Waals surface area (Å²) in [5.41, 5.74) is 1.80. The Morgan fingerprint density at radius 1 is 1.00 bits per heavy atom. The second kappa shape index (κ2) is 10.1. The number of benzene rings is 2. The molecule has 0 unspecified atom stereocenters. The minimum atomic E-state index is -0.494. The number of amides is 1. The van der Waals surface area contributed by atoms with E-state index in [1.54, 1.807) is 25.3 Å². The molecule has 0 aromatic heterocycles. The van der Waals surface area contributed by atoms with E-state index in [2.05, 4.69) is 5.32 Å². The molecule has 0 aliphatic carbocycles. The first-order chi connectivity index (χ1) is 12.6. The van der Waals surface area contributed by atoms with E-state index < -0.39 is 5.97 Å². The van der Waals surface area contributed by atoms with Crippen LogP contribution in [0.25, 0.3) is 0 Å². The van der Waals surface area contributed by atoms with Crippen molar-refractivity contribution < 1.29 is 23.8 Å². The smallest absolute Gasteiger partial charge is 0.310 e. The van der Waals surface area contributed by atoms with Crippen LogP contribution in [0.4, 0.5) is 0 Å². The summed E-state index contributed by atoms with van der Waals surface area (Å²) in [6.45, 7) is 0.193. The van der Waals surface area contributed by atoms with Gasteiger partial charge in [-0.1, -0.05) is 36.4 Å². The van der Waals surface area contributed by atoms with Crippen molar-refractivity contribution in [3.63, 3.8) is 0 Å². The van der Waals surface area contributed by atoms with E-state index >= 15 is 0 Å². The first-order valence-corrected chi connectivity index (χ1v) is 8.29. The van der Waals surface area contributed by atoms with Gasteiger partial charge in [0.05, 0.1) is 20.6 Å². The molecule has 0 bridgehead atoms. The average Bonchev–Trinajstić information content (AvgIpc) is 2.67. The molecule has 2 aromatic rings. The topological polar surface area (TPSA) is 73.9 Å². The minimum Gasteiger partial charge on any atom is -0.497 e. The van der Waals surface area contributed by atoms with Crippen LogP contribution in [-0.4, -0.2) is 39.2 Å². The van der Waals surface area contributed by atoms with Crippen molar-refractivity contribution in [1.82, 2.24) is 5.32 Å². The van der Waals surface area contributed by atoms with Gasteiger partial charge in [0.25, 0.3) is 5.91 Å². The third-order valence-corrected chi connectivity index (χ3v) is 3.77. The lowest BCUT2D eigenvalue weighted by Gasteiger charge is -2.10. The lowest BCUT2D eigenvalue weighted by Crippen LogP contribution is -2.30. The number of hydrogen-bond acceptors (Lipinski definition) is 5. The fourth-order valence-corrected chi connectivity index (χ4v) is 2.39. The SMILES string of the molecule is COc1ccc(CC(=O)OCC(=O)NCCc2ccccc2)c(OC)c1. The van der Waals surface area contributed by atoms with Crippen LogP contribution in [0.1, 0.15) is 11.1 Å². The van der Waals surface area contributed by atoms with Gasteiger partial charge in [-0.15, -0.1) is 0 Å². The van der Waals surface area contributed by atoms with Gasteiger partial charge in [0.1, 0.15) is 11.5 Å². The molecule has 6 heteroatoms. The van der Waals surface area contributed by atoms with Gasteiger partial charge in [-0.25, -0.2) is 0 Å². The lowest BCUT2D eigenvalue weighted by molar-refractivity contribution is -0.147. The molecule has 26 heavy (non-hydrogen) atoms. The molecule has 6 nitrogen and oxygen atoms in total. The molecule has 0 saturated carbocycles. The molecular weight excluding hydrogens is 334 g/mol. The Balaban J connectivity index is 1.73. The summed E-state index contributed by atoms with van der Waals surface area (Å²) in [6.07, 6.45) is 0.744. The first kappa shape index (κ1) is 19.3. The summed E-state index contributed by atoms with van der Waals surface area (Å²) in [5, 5.41) is 2.73. The number of hydrogen-bond donors (Lipinski definition) is 1. The van der Waals surface area contributed by atoms with Gasteiger partial charge in [-0.2, -0.15) is 0 Å². The second-order valence-electron chi connectivity index (χ2n) is 5.60. The maximum Gasteiger partial charge on any atom is 0.310 e. The highest BCUT2D eigenvalue weighted by Crippen LogP contribution is 2.25. The lowest BCUT2D eigenvalue weighted by atomic mass is 10.1. The van der Waals surface area contributed by atoms with Gasteiger partial charge in [0.15, 0.2) is 6.61 Å². The fourth-order valence-electron chi connectivity index (χ4n) is 2.39. The highest BCUT2D eigenvalue weighted by molar-refractivity contribution is 5.81. The van der Waals surface area contributed by atoms with Gasteiger partial charge >= 0.3 is 5.97 Å². The number of rotatable bonds is 9. The molecule has 0 atom stereocenters. The zero-order valence-corrected chi connectivity index (χ0v) is 15.0. The largest absolute Gasteiger partial charge is 0.497 e. The van der Waals surface area contributed by atoms with E-state index in [4.69, 9.17) is 14.2 Å². The van der Waals surface area contributed by atoms with Gasteiger partial charge in [-0.05, 0) is 18.1 Å². The second-order valence-corrected chi connectivity index (χ2v) is 5.60. The maximum absolute atomic E-state index is 11.9. The number of nitrogens with one attached hydrogen (secondary N) is 1. The Morgan fingerprint density at radius 2 is 1.77 bits per heavy atom. The van der Waals surface area contributed by atoms with Crippen molar-refractivity contribution in [3.05, 3.63) is 59.7 Å². The number of esters is 1. The van der Waals surface area contributed by atoms with Gasteiger partial charge in [-0.3, -0.25) is 9.59 Å². The van der Waals surface area contributed by atoms with Crippen molar-refractivity contribution >= 4 is 11.9 Å². The zero-order chi connectivity index (χ0) is 18.8. The number of methoxy groups -OCH3 is 2. The third kappa shape index (κ3) is 6.12. The highest BCUT2D eigenvalue weighted by atomic mass is 16.5. The van der Waals surface area contributed by atoms with E-state index in [9.17, 15) is 9.59 Å². The van der Waals surface area contributed by atoms with Gasteiger partial charge in [0, 0.05) is 18.2 Å². The normalized spacial score (nSPS) is 10.1. The van der Waals surface area contributed by atoms with Gasteiger partial charge < -0.3 is 19.5 Å². The quantitative estimate of drug-likeness (QED) is 0.696. The third-order valence-electron chi connectivity index (χ3n) is 3.77. The molecule has 1 amide bonds. The molecule has 0 radical (unpaired) electrons. The maximum atomic E-state index is 11.9. The summed E-state index contributed by atoms with van der Waals surface area (Å²) < 4.78 is 15.4. The molecular formula is C20H23NO5. The predicted octanol–water partition coefficient (Wildman–Crippen LogP) is 2.15. The van der Waals surface area contributed by atoms with Crippen molar-refractivity contribution in [2.45, 2.75) is 12.8 Å². The number of carbonyl (C=O) groups is 2. The van der Waals surface area contributed by atoms with Crippen LogP contribution in [0.3, 0.4) is 0 Å². The van der Waals surface area contributed by atoms with Crippen molar-refractivity contribution in [1.29, 1.82) is 0 Å². The molecule has 0 fully saturated rings. The van der Waals surface area contributed by atoms with E-state index in [1.165, 1.54) is 7.11 Å². The highest BCUT2D eigenvalue weighted by Gasteiger charge is 2.12. The van der Waals surface area contributed by atoms with E-state index in [-0.39, 0.29) is 18.9 Å². The summed E-state index contributed by atoms with van der Waals surface area (Å²) >= 11 is 0. The van der Waals surface area contributed by atoms with E-state index in [0.717, 1.165) is 12.0 Å². The summed E-state index contributed by atoms with van der Waals surface area (Å²) in [5.74, 6) is 0.355. The molecule has 1 N–H and O–H groups in total. The minimum absolute atomic E-state index is 0.0183. The number of ether oxygens (including phenoxy) is 3. The first-order valence-electron chi connectivity index (χ1n) is 8.29. The molecule has 138 valence electrons. The molecule has 0 heterocycles. The van der Waals surface area contributed by atoms with Crippen LogP contribution < -0.4 is 14.8 Å². The molecule has 2 aromatic carbocycles. The van der Waals surface area contributed by atoms with Crippen LogP contribution in [0.5, 0.6) is 11.5 Å². The van der Waals surface area contributed by atoms with Gasteiger partial charge in [0.2, 0.25) is 0 Å². The fraction of sp³-hybridized carbons (Fsp3) is 0.300. The molecule has 0 aliphatic rings. The monoisotopic (exact) mass is 357 g/mol. The molecule has 0 aliphatic heterocycles. The van der Waals surface area contributed by atoms with Crippen LogP contribution in [-0.2, 0) is 27.2 Å². The average molecular weight is 357 g/mol. The standard InChI is InChI=1S/C20H23NO5/c1-24-17-9-8-16(18(13-17)25-2)12-20(23)26-14-19(22)21-11-10-15-6-4-3-5-7-15/h3-9,13H,10-12,14H2,1-2H3,(H,21,22). The van der Waals surface area contributed by atoms with Crippen LogP contribution in [0.2, 0.25) is 0 Å². The molecule has 0 saturated heterocycles. The van der Waals surface area contributed by atoms with Crippen molar-refractivity contribution in [2.75, 3.05) is 27.4 Å². The zero-order valence-electron chi connectivity index (χ0n) is 15.0. The Morgan fingerprint density at radius 3 is 2.46 bits per heavy atom. The van der Waals surface area contributed by atoms with Crippen LogP contribution in [0.15, 0.2) is 48.5 Å². The molecule has 2 rings (SSSR count). The van der Waals surface area contributed by atoms with E-state index in [1.807, 2.05) is 30.3 Å². The Bertz CT molecular complexity index is 730. The predicted molar refractivity (Wildman–Crippen MR) is 97.4 cm³/mol. The Labute approximate surface area is 153 Å². The summed E-state index contributed by atoms with van der Waals surface area (Å²) in [4.78, 5) is 23.7.